The zero-order valence-corrected chi connectivity index (χ0v) is 6.54. The lowest BCUT2D eigenvalue weighted by Gasteiger charge is -1.85. The summed E-state index contributed by atoms with van der Waals surface area (Å²) in [7, 11) is 0. The van der Waals surface area contributed by atoms with E-state index in [1.54, 1.807) is 18.2 Å². The molecule has 0 saturated carbocycles. The maximum absolute atomic E-state index is 10.0. The average molecular weight is 175 g/mol. The molecule has 0 radical (unpaired) electrons. The highest BCUT2D eigenvalue weighted by molar-refractivity contribution is 5.27. The molecule has 13 heavy (non-hydrogen) atoms. The fourth-order valence-electron chi connectivity index (χ4n) is 0.550. The number of rotatable bonds is 1. The normalized spacial score (nSPS) is 6.92. The van der Waals surface area contributed by atoms with Crippen LogP contribution in [0.25, 0.3) is 0 Å². The van der Waals surface area contributed by atoms with Crippen LogP contribution in [0.2, 0.25) is 0 Å². The van der Waals surface area contributed by atoms with Crippen molar-refractivity contribution < 1.29 is 4.92 Å². The van der Waals surface area contributed by atoms with Gasteiger partial charge in [0.15, 0.2) is 12.1 Å². The van der Waals surface area contributed by atoms with Gasteiger partial charge in [0.05, 0.1) is 4.92 Å². The molecule has 64 valence electrons. The third kappa shape index (κ3) is 4.93. The van der Waals surface area contributed by atoms with Gasteiger partial charge in [-0.3, -0.25) is 10.1 Å². The molecular formula is C8H5N3O2. The smallest absolute Gasteiger partial charge is 0.258 e. The van der Waals surface area contributed by atoms with Gasteiger partial charge in [-0.2, -0.15) is 10.5 Å². The second kappa shape index (κ2) is 6.32. The predicted octanol–water partition coefficient (Wildman–Crippen LogP) is 1.63. The van der Waals surface area contributed by atoms with Gasteiger partial charge in [0.1, 0.15) is 0 Å². The Balaban J connectivity index is 0.000000310. The van der Waals surface area contributed by atoms with Gasteiger partial charge in [-0.1, -0.05) is 18.2 Å². The molecule has 1 aromatic carbocycles. The third-order valence-corrected chi connectivity index (χ3v) is 1.02. The average Bonchev–Trinajstić information content (AvgIpc) is 2.19. The van der Waals surface area contributed by atoms with Gasteiger partial charge in [0.25, 0.3) is 5.69 Å². The van der Waals surface area contributed by atoms with Crippen molar-refractivity contribution in [3.05, 3.63) is 40.4 Å². The molecular weight excluding hydrogens is 170 g/mol. The van der Waals surface area contributed by atoms with Crippen molar-refractivity contribution in [2.75, 3.05) is 0 Å². The summed E-state index contributed by atoms with van der Waals surface area (Å²) < 4.78 is 0. The van der Waals surface area contributed by atoms with Gasteiger partial charge in [-0.15, -0.1) is 0 Å². The second-order valence-corrected chi connectivity index (χ2v) is 1.82. The first kappa shape index (κ1) is 10.6. The van der Waals surface area contributed by atoms with Crippen LogP contribution in [0.3, 0.4) is 0 Å². The van der Waals surface area contributed by atoms with E-state index in [1.807, 2.05) is 0 Å². The third-order valence-electron chi connectivity index (χ3n) is 1.02. The lowest BCUT2D eigenvalue weighted by Crippen LogP contribution is -1.84. The van der Waals surface area contributed by atoms with Gasteiger partial charge in [0, 0.05) is 12.1 Å². The second-order valence-electron chi connectivity index (χ2n) is 1.82. The van der Waals surface area contributed by atoms with Crippen LogP contribution in [-0.4, -0.2) is 4.92 Å². The van der Waals surface area contributed by atoms with E-state index < -0.39 is 4.92 Å². The Morgan fingerprint density at radius 1 is 1.15 bits per heavy atom. The molecule has 0 heterocycles. The fraction of sp³-hybridized carbons (Fsp3) is 0. The number of nitrogens with zero attached hydrogens (tertiary/aromatic N) is 3. The Morgan fingerprint density at radius 3 is 1.85 bits per heavy atom. The van der Waals surface area contributed by atoms with Crippen LogP contribution in [0, 0.1) is 32.8 Å². The summed E-state index contributed by atoms with van der Waals surface area (Å²) in [5, 5.41) is 24.5. The van der Waals surface area contributed by atoms with Gasteiger partial charge < -0.3 is 0 Å². The molecule has 5 heteroatoms. The molecule has 1 aromatic rings. The van der Waals surface area contributed by atoms with E-state index in [0.29, 0.717) is 0 Å². The van der Waals surface area contributed by atoms with Crippen LogP contribution in [0.1, 0.15) is 0 Å². The standard InChI is InChI=1S/C6H5NO2.C2N2/c8-7(9)6-4-2-1-3-5-6;3-1-2-4/h1-5H;. The van der Waals surface area contributed by atoms with Crippen LogP contribution < -0.4 is 0 Å². The van der Waals surface area contributed by atoms with E-state index in [4.69, 9.17) is 10.5 Å². The lowest BCUT2D eigenvalue weighted by atomic mass is 10.3. The molecule has 0 atom stereocenters. The first-order valence-electron chi connectivity index (χ1n) is 3.20. The number of nitro groups is 1. The molecule has 0 N–H and O–H groups in total. The first-order valence-corrected chi connectivity index (χ1v) is 3.20. The van der Waals surface area contributed by atoms with E-state index in [1.165, 1.54) is 24.3 Å². The molecule has 5 nitrogen and oxygen atoms in total. The fourth-order valence-corrected chi connectivity index (χ4v) is 0.550. The molecule has 0 aliphatic carbocycles. The highest BCUT2D eigenvalue weighted by Gasteiger charge is 1.98. The molecule has 0 fully saturated rings. The number of hydrogen-bond donors (Lipinski definition) is 0. The molecule has 0 spiro atoms. The predicted molar refractivity (Wildman–Crippen MR) is 44.3 cm³/mol. The Kier molecular flexibility index (Phi) is 5.15. The monoisotopic (exact) mass is 175 g/mol. The van der Waals surface area contributed by atoms with Gasteiger partial charge >= 0.3 is 0 Å². The van der Waals surface area contributed by atoms with E-state index in [-0.39, 0.29) is 5.69 Å². The van der Waals surface area contributed by atoms with Crippen molar-refractivity contribution >= 4 is 5.69 Å². The summed E-state index contributed by atoms with van der Waals surface area (Å²) in [5.41, 5.74) is 0.137. The van der Waals surface area contributed by atoms with E-state index >= 15 is 0 Å². The number of nitro benzene ring substituents is 1. The van der Waals surface area contributed by atoms with Crippen LogP contribution in [0.5, 0.6) is 0 Å². The Hall–Kier alpha value is -2.40. The van der Waals surface area contributed by atoms with Gasteiger partial charge in [0.2, 0.25) is 0 Å². The van der Waals surface area contributed by atoms with Gasteiger partial charge in [-0.05, 0) is 0 Å². The Bertz CT molecular complexity index is 336. The largest absolute Gasteiger partial charge is 0.269 e. The number of benzene rings is 1. The minimum Gasteiger partial charge on any atom is -0.258 e. The lowest BCUT2D eigenvalue weighted by molar-refractivity contribution is -0.384. The minimum absolute atomic E-state index is 0.137. The van der Waals surface area contributed by atoms with Crippen LogP contribution in [-0.2, 0) is 0 Å². The first-order chi connectivity index (χ1) is 6.22. The van der Waals surface area contributed by atoms with Crippen LogP contribution in [0.15, 0.2) is 30.3 Å². The Labute approximate surface area is 74.6 Å². The molecule has 0 aromatic heterocycles. The summed E-state index contributed by atoms with van der Waals surface area (Å²) in [6.45, 7) is 0. The topological polar surface area (TPSA) is 90.7 Å². The molecule has 0 aliphatic heterocycles. The molecule has 0 bridgehead atoms. The summed E-state index contributed by atoms with van der Waals surface area (Å²) in [5.74, 6) is 0. The van der Waals surface area contributed by atoms with Crippen molar-refractivity contribution in [1.82, 2.24) is 0 Å². The number of non-ortho nitro benzene ring substituents is 1. The Morgan fingerprint density at radius 2 is 1.62 bits per heavy atom. The summed E-state index contributed by atoms with van der Waals surface area (Å²) in [6.07, 6.45) is 0. The van der Waals surface area contributed by atoms with Crippen LogP contribution in [0.4, 0.5) is 5.69 Å². The molecule has 0 saturated heterocycles. The molecule has 0 amide bonds. The summed E-state index contributed by atoms with van der Waals surface area (Å²) >= 11 is 0. The zero-order valence-electron chi connectivity index (χ0n) is 6.54. The van der Waals surface area contributed by atoms with E-state index in [9.17, 15) is 10.1 Å². The minimum atomic E-state index is -0.417. The highest BCUT2D eigenvalue weighted by atomic mass is 16.6. The van der Waals surface area contributed by atoms with Gasteiger partial charge in [-0.25, -0.2) is 0 Å². The zero-order chi connectivity index (χ0) is 10.1. The van der Waals surface area contributed by atoms with Crippen molar-refractivity contribution in [3.63, 3.8) is 0 Å². The number of nitriles is 2. The quantitative estimate of drug-likeness (QED) is 0.479. The molecule has 0 unspecified atom stereocenters. The number of hydrogen-bond acceptors (Lipinski definition) is 4. The number of para-hydroxylation sites is 1. The highest BCUT2D eigenvalue weighted by Crippen LogP contribution is 2.06. The summed E-state index contributed by atoms with van der Waals surface area (Å²) in [4.78, 5) is 9.59. The van der Waals surface area contributed by atoms with Crippen molar-refractivity contribution in [3.8, 4) is 12.1 Å². The van der Waals surface area contributed by atoms with E-state index in [0.717, 1.165) is 0 Å². The van der Waals surface area contributed by atoms with Crippen molar-refractivity contribution in [2.45, 2.75) is 0 Å². The molecule has 1 rings (SSSR count). The van der Waals surface area contributed by atoms with E-state index in [2.05, 4.69) is 0 Å². The SMILES string of the molecule is N#CC#N.O=[N+]([O-])c1ccccc1. The maximum atomic E-state index is 10.0. The summed E-state index contributed by atoms with van der Waals surface area (Å²) in [6, 6.07) is 10.4. The van der Waals surface area contributed by atoms with Crippen molar-refractivity contribution in [2.24, 2.45) is 0 Å². The maximum Gasteiger partial charge on any atom is 0.269 e. The van der Waals surface area contributed by atoms with Crippen molar-refractivity contribution in [1.29, 1.82) is 10.5 Å². The molecule has 0 aliphatic rings. The van der Waals surface area contributed by atoms with Crippen LogP contribution >= 0.6 is 0 Å².